The highest BCUT2D eigenvalue weighted by atomic mass is 28.3. The first-order valence-corrected chi connectivity index (χ1v) is 11.4. The highest BCUT2D eigenvalue weighted by Gasteiger charge is 2.41. The van der Waals surface area contributed by atoms with Crippen LogP contribution in [0.5, 0.6) is 0 Å². The standard InChI is InChI=1S/C22H18F2Si/c1-25(2)20-14-19(24)18(23)13-17(20)21(15-9-5-3-6-10-15)22(25)16-11-7-4-8-12-16/h3-14H,1-2H3. The Bertz CT molecular complexity index is 974. The molecule has 0 amide bonds. The molecule has 1 aliphatic heterocycles. The Hall–Kier alpha value is -2.52. The number of benzene rings is 3. The van der Waals surface area contributed by atoms with Gasteiger partial charge in [-0.15, -0.1) is 0 Å². The third kappa shape index (κ3) is 2.47. The first-order valence-electron chi connectivity index (χ1n) is 8.35. The molecule has 3 aromatic carbocycles. The van der Waals surface area contributed by atoms with Crippen LogP contribution in [0.3, 0.4) is 0 Å². The molecule has 0 aromatic heterocycles. The van der Waals surface area contributed by atoms with Gasteiger partial charge in [0.1, 0.15) is 8.07 Å². The third-order valence-electron chi connectivity index (χ3n) is 5.00. The summed E-state index contributed by atoms with van der Waals surface area (Å²) in [6, 6.07) is 23.0. The van der Waals surface area contributed by atoms with Crippen molar-refractivity contribution in [3.63, 3.8) is 0 Å². The van der Waals surface area contributed by atoms with Crippen LogP contribution in [-0.2, 0) is 0 Å². The molecule has 0 spiro atoms. The molecule has 4 rings (SSSR count). The van der Waals surface area contributed by atoms with Crippen molar-refractivity contribution in [3.8, 4) is 0 Å². The smallest absolute Gasteiger partial charge is 0.159 e. The van der Waals surface area contributed by atoms with Gasteiger partial charge in [0.2, 0.25) is 0 Å². The molecule has 0 radical (unpaired) electrons. The SMILES string of the molecule is C[Si]1(C)C(c2ccccc2)=C(c2ccccc2)c2cc(F)c(F)cc21. The molecule has 0 saturated carbocycles. The maximum atomic E-state index is 14.1. The molecule has 0 atom stereocenters. The van der Waals surface area contributed by atoms with Gasteiger partial charge in [-0.05, 0) is 44.8 Å². The second kappa shape index (κ2) is 5.78. The predicted molar refractivity (Wildman–Crippen MR) is 102 cm³/mol. The van der Waals surface area contributed by atoms with Crippen molar-refractivity contribution in [3.05, 3.63) is 101 Å². The van der Waals surface area contributed by atoms with E-state index < -0.39 is 19.7 Å². The summed E-state index contributed by atoms with van der Waals surface area (Å²) in [7, 11) is -2.16. The zero-order valence-electron chi connectivity index (χ0n) is 14.2. The molecule has 0 bridgehead atoms. The number of hydrogen-bond acceptors (Lipinski definition) is 0. The van der Waals surface area contributed by atoms with E-state index in [-0.39, 0.29) is 0 Å². The van der Waals surface area contributed by atoms with Gasteiger partial charge < -0.3 is 0 Å². The van der Waals surface area contributed by atoms with Crippen molar-refractivity contribution in [1.29, 1.82) is 0 Å². The van der Waals surface area contributed by atoms with Crippen LogP contribution < -0.4 is 5.19 Å². The molecular weight excluding hydrogens is 330 g/mol. The van der Waals surface area contributed by atoms with Crippen molar-refractivity contribution >= 4 is 24.0 Å². The number of halogens is 2. The molecule has 1 aliphatic rings. The van der Waals surface area contributed by atoms with Crippen LogP contribution in [0, 0.1) is 11.6 Å². The minimum atomic E-state index is -2.16. The maximum absolute atomic E-state index is 14.1. The van der Waals surface area contributed by atoms with Crippen LogP contribution >= 0.6 is 0 Å². The monoisotopic (exact) mass is 348 g/mol. The normalized spacial score (nSPS) is 15.4. The maximum Gasteiger partial charge on any atom is 0.159 e. The van der Waals surface area contributed by atoms with Crippen molar-refractivity contribution in [2.24, 2.45) is 0 Å². The van der Waals surface area contributed by atoms with Gasteiger partial charge in [-0.25, -0.2) is 8.78 Å². The molecule has 3 heteroatoms. The van der Waals surface area contributed by atoms with Crippen molar-refractivity contribution in [2.45, 2.75) is 13.1 Å². The van der Waals surface area contributed by atoms with E-state index >= 15 is 0 Å². The summed E-state index contributed by atoms with van der Waals surface area (Å²) in [4.78, 5) is 0. The Morgan fingerprint density at radius 1 is 0.680 bits per heavy atom. The lowest BCUT2D eigenvalue weighted by atomic mass is 9.95. The largest absolute Gasteiger partial charge is 0.204 e. The van der Waals surface area contributed by atoms with Crippen molar-refractivity contribution < 1.29 is 8.78 Å². The van der Waals surface area contributed by atoms with E-state index in [2.05, 4.69) is 25.2 Å². The predicted octanol–water partition coefficient (Wildman–Crippen LogP) is 5.39. The quantitative estimate of drug-likeness (QED) is 0.545. The minimum Gasteiger partial charge on any atom is -0.204 e. The summed E-state index contributed by atoms with van der Waals surface area (Å²) in [6.45, 7) is 4.42. The average molecular weight is 348 g/mol. The van der Waals surface area contributed by atoms with E-state index in [0.717, 1.165) is 27.5 Å². The molecule has 25 heavy (non-hydrogen) atoms. The molecule has 0 unspecified atom stereocenters. The lowest BCUT2D eigenvalue weighted by Gasteiger charge is -2.23. The Kier molecular flexibility index (Phi) is 3.69. The van der Waals surface area contributed by atoms with Gasteiger partial charge in [0.15, 0.2) is 11.6 Å². The van der Waals surface area contributed by atoms with Crippen LogP contribution in [0.1, 0.15) is 16.7 Å². The molecule has 124 valence electrons. The van der Waals surface area contributed by atoms with E-state index in [1.807, 2.05) is 48.5 Å². The Labute approximate surface area is 147 Å². The van der Waals surface area contributed by atoms with Crippen LogP contribution in [-0.4, -0.2) is 8.07 Å². The number of hydrogen-bond donors (Lipinski definition) is 0. The van der Waals surface area contributed by atoms with E-state index in [9.17, 15) is 8.78 Å². The van der Waals surface area contributed by atoms with Gasteiger partial charge in [-0.2, -0.15) is 0 Å². The fourth-order valence-electron chi connectivity index (χ4n) is 3.87. The molecule has 3 aromatic rings. The van der Waals surface area contributed by atoms with Gasteiger partial charge in [0.05, 0.1) is 0 Å². The van der Waals surface area contributed by atoms with E-state index in [4.69, 9.17) is 0 Å². The number of rotatable bonds is 2. The summed E-state index contributed by atoms with van der Waals surface area (Å²) in [6.07, 6.45) is 0. The summed E-state index contributed by atoms with van der Waals surface area (Å²) < 4.78 is 28.1. The highest BCUT2D eigenvalue weighted by molar-refractivity contribution is 7.08. The highest BCUT2D eigenvalue weighted by Crippen LogP contribution is 2.43. The lowest BCUT2D eigenvalue weighted by molar-refractivity contribution is 0.509. The van der Waals surface area contributed by atoms with Crippen molar-refractivity contribution in [1.82, 2.24) is 0 Å². The average Bonchev–Trinajstić information content (AvgIpc) is 2.84. The summed E-state index contributed by atoms with van der Waals surface area (Å²) >= 11 is 0. The first kappa shape index (κ1) is 16.0. The summed E-state index contributed by atoms with van der Waals surface area (Å²) in [5.41, 5.74) is 4.06. The molecule has 1 heterocycles. The Balaban J connectivity index is 2.10. The second-order valence-corrected chi connectivity index (χ2v) is 11.2. The fourth-order valence-corrected chi connectivity index (χ4v) is 7.29. The van der Waals surface area contributed by atoms with E-state index in [1.165, 1.54) is 17.3 Å². The Morgan fingerprint density at radius 2 is 1.20 bits per heavy atom. The minimum absolute atomic E-state index is 0.763. The molecular formula is C22H18F2Si. The Morgan fingerprint density at radius 3 is 1.80 bits per heavy atom. The van der Waals surface area contributed by atoms with Crippen LogP contribution in [0.2, 0.25) is 13.1 Å². The number of fused-ring (bicyclic) bond motifs is 1. The first-order chi connectivity index (χ1) is 12.0. The van der Waals surface area contributed by atoms with Crippen LogP contribution in [0.4, 0.5) is 8.78 Å². The zero-order chi connectivity index (χ0) is 17.6. The van der Waals surface area contributed by atoms with Gasteiger partial charge in [0, 0.05) is 0 Å². The third-order valence-corrected chi connectivity index (χ3v) is 8.55. The fraction of sp³-hybridized carbons (Fsp3) is 0.0909. The van der Waals surface area contributed by atoms with E-state index in [0.29, 0.717) is 0 Å². The zero-order valence-corrected chi connectivity index (χ0v) is 15.2. The van der Waals surface area contributed by atoms with Gasteiger partial charge in [-0.1, -0.05) is 73.8 Å². The molecule has 0 saturated heterocycles. The molecule has 0 aliphatic carbocycles. The van der Waals surface area contributed by atoms with Crippen LogP contribution in [0.25, 0.3) is 10.8 Å². The second-order valence-electron chi connectivity index (χ2n) is 6.92. The topological polar surface area (TPSA) is 0 Å². The summed E-state index contributed by atoms with van der Waals surface area (Å²) in [5.74, 6) is -1.55. The molecule has 0 N–H and O–H groups in total. The molecule has 0 fully saturated rings. The van der Waals surface area contributed by atoms with Gasteiger partial charge in [0.25, 0.3) is 0 Å². The lowest BCUT2D eigenvalue weighted by Crippen LogP contribution is -2.41. The van der Waals surface area contributed by atoms with Gasteiger partial charge in [-0.3, -0.25) is 0 Å². The van der Waals surface area contributed by atoms with Crippen LogP contribution in [0.15, 0.2) is 72.8 Å². The van der Waals surface area contributed by atoms with Crippen molar-refractivity contribution in [2.75, 3.05) is 0 Å². The molecule has 0 nitrogen and oxygen atoms in total. The van der Waals surface area contributed by atoms with E-state index in [1.54, 1.807) is 0 Å². The summed E-state index contributed by atoms with van der Waals surface area (Å²) in [5, 5.41) is 2.20. The van der Waals surface area contributed by atoms with Gasteiger partial charge >= 0.3 is 0 Å².